The van der Waals surface area contributed by atoms with Gasteiger partial charge in [-0.15, -0.1) is 0 Å². The molecule has 5 aromatic carbocycles. The van der Waals surface area contributed by atoms with Crippen LogP contribution in [0, 0.1) is 13.8 Å². The maximum absolute atomic E-state index is 2.33. The van der Waals surface area contributed by atoms with Gasteiger partial charge in [0.05, 0.1) is 0 Å². The highest BCUT2D eigenvalue weighted by molar-refractivity contribution is 6.08. The third-order valence-corrected chi connectivity index (χ3v) is 5.02. The van der Waals surface area contributed by atoms with Gasteiger partial charge in [0.25, 0.3) is 0 Å². The smallest absolute Gasteiger partial charge is 0.0171 e. The molecule has 0 bridgehead atoms. The Bertz CT molecular complexity index is 1160. The van der Waals surface area contributed by atoms with Crippen LogP contribution in [0.15, 0.2) is 72.8 Å². The van der Waals surface area contributed by atoms with E-state index in [1.54, 1.807) is 0 Å². The third kappa shape index (κ3) is 2.82. The molecular weight excluding hydrogens is 312 g/mol. The molecule has 0 radical (unpaired) electrons. The van der Waals surface area contributed by atoms with Gasteiger partial charge in [0.15, 0.2) is 0 Å². The quantitative estimate of drug-likeness (QED) is 0.252. The van der Waals surface area contributed by atoms with Gasteiger partial charge >= 0.3 is 0 Å². The van der Waals surface area contributed by atoms with E-state index >= 15 is 0 Å². The Morgan fingerprint density at radius 3 is 0.962 bits per heavy atom. The van der Waals surface area contributed by atoms with Crippen LogP contribution in [0.4, 0.5) is 0 Å². The molecule has 0 amide bonds. The van der Waals surface area contributed by atoms with Crippen LogP contribution in [0.25, 0.3) is 43.1 Å². The first-order valence-corrected chi connectivity index (χ1v) is 9.44. The molecule has 0 saturated heterocycles. The van der Waals surface area contributed by atoms with Crippen LogP contribution in [0.1, 0.15) is 25.0 Å². The van der Waals surface area contributed by atoms with E-state index in [0.29, 0.717) is 0 Å². The molecule has 128 valence electrons. The van der Waals surface area contributed by atoms with Crippen LogP contribution >= 0.6 is 0 Å². The van der Waals surface area contributed by atoms with Crippen molar-refractivity contribution >= 4 is 43.1 Å². The SMILES string of the molecule is CC.Cc1ccc2cc3cc4cc5cc(C)ccc5cc4cc3cc2c1. The summed E-state index contributed by atoms with van der Waals surface area (Å²) in [4.78, 5) is 0. The van der Waals surface area contributed by atoms with Gasteiger partial charge in [-0.25, -0.2) is 0 Å². The third-order valence-electron chi connectivity index (χ3n) is 5.02. The molecule has 0 saturated carbocycles. The Morgan fingerprint density at radius 2 is 0.615 bits per heavy atom. The van der Waals surface area contributed by atoms with Gasteiger partial charge in [-0.1, -0.05) is 61.4 Å². The van der Waals surface area contributed by atoms with E-state index < -0.39 is 0 Å². The fourth-order valence-electron chi connectivity index (χ4n) is 3.74. The van der Waals surface area contributed by atoms with Gasteiger partial charge in [-0.05, 0) is 93.3 Å². The van der Waals surface area contributed by atoms with Gasteiger partial charge in [-0.2, -0.15) is 0 Å². The minimum absolute atomic E-state index is 1.31. The summed E-state index contributed by atoms with van der Waals surface area (Å²) in [5.74, 6) is 0. The molecular formula is C26H24. The monoisotopic (exact) mass is 336 g/mol. The van der Waals surface area contributed by atoms with Gasteiger partial charge in [-0.3, -0.25) is 0 Å². The standard InChI is InChI=1S/C24H18.C2H6/c1-15-3-5-17-9-21-14-24-12-20-8-16(2)4-6-18(20)10-22(24)13-23(21)11-19(17)7-15;1-2/h3-14H,1-2H3;1-2H3. The van der Waals surface area contributed by atoms with E-state index in [2.05, 4.69) is 86.6 Å². The Labute approximate surface area is 155 Å². The Kier molecular flexibility index (Phi) is 4.12. The molecule has 0 N–H and O–H groups in total. The number of aryl methyl sites for hydroxylation is 2. The molecule has 0 aromatic heterocycles. The molecule has 0 aliphatic rings. The average molecular weight is 336 g/mol. The first-order chi connectivity index (χ1) is 12.7. The lowest BCUT2D eigenvalue weighted by Gasteiger charge is -2.08. The highest BCUT2D eigenvalue weighted by atomic mass is 14.1. The van der Waals surface area contributed by atoms with E-state index in [-0.39, 0.29) is 0 Å². The lowest BCUT2D eigenvalue weighted by Crippen LogP contribution is -1.82. The Morgan fingerprint density at radius 1 is 0.346 bits per heavy atom. The first-order valence-electron chi connectivity index (χ1n) is 9.44. The van der Waals surface area contributed by atoms with E-state index in [1.807, 2.05) is 13.8 Å². The largest absolute Gasteiger partial charge is 0.0683 e. The number of hydrogen-bond donors (Lipinski definition) is 0. The second-order valence-corrected chi connectivity index (χ2v) is 6.95. The molecule has 0 fully saturated rings. The number of benzene rings is 5. The van der Waals surface area contributed by atoms with Crippen molar-refractivity contribution in [3.8, 4) is 0 Å². The zero-order valence-electron chi connectivity index (χ0n) is 15.9. The summed E-state index contributed by atoms with van der Waals surface area (Å²) in [6.07, 6.45) is 0. The van der Waals surface area contributed by atoms with Gasteiger partial charge in [0.2, 0.25) is 0 Å². The second kappa shape index (κ2) is 6.46. The van der Waals surface area contributed by atoms with Crippen molar-refractivity contribution in [3.63, 3.8) is 0 Å². The van der Waals surface area contributed by atoms with Gasteiger partial charge in [0, 0.05) is 0 Å². The molecule has 5 aromatic rings. The fourth-order valence-corrected chi connectivity index (χ4v) is 3.74. The molecule has 0 atom stereocenters. The maximum Gasteiger partial charge on any atom is -0.0171 e. The molecule has 5 rings (SSSR count). The van der Waals surface area contributed by atoms with Crippen molar-refractivity contribution in [2.24, 2.45) is 0 Å². The minimum atomic E-state index is 1.31. The number of rotatable bonds is 0. The summed E-state index contributed by atoms with van der Waals surface area (Å²) in [5.41, 5.74) is 2.62. The second-order valence-electron chi connectivity index (χ2n) is 6.95. The molecule has 0 aliphatic heterocycles. The van der Waals surface area contributed by atoms with Crippen molar-refractivity contribution in [2.45, 2.75) is 27.7 Å². The van der Waals surface area contributed by atoms with Crippen LogP contribution in [-0.2, 0) is 0 Å². The van der Waals surface area contributed by atoms with Crippen molar-refractivity contribution < 1.29 is 0 Å². The number of fused-ring (bicyclic) bond motifs is 4. The van der Waals surface area contributed by atoms with Crippen molar-refractivity contribution in [1.82, 2.24) is 0 Å². The Hall–Kier alpha value is -2.86. The summed E-state index contributed by atoms with van der Waals surface area (Å²) in [5, 5.41) is 10.5. The molecule has 0 unspecified atom stereocenters. The Balaban J connectivity index is 0.000000814. The van der Waals surface area contributed by atoms with E-state index in [0.717, 1.165) is 0 Å². The normalized spacial score (nSPS) is 11.1. The first kappa shape index (κ1) is 16.6. The zero-order valence-corrected chi connectivity index (χ0v) is 15.9. The predicted molar refractivity (Wildman–Crippen MR) is 117 cm³/mol. The fraction of sp³-hybridized carbons (Fsp3) is 0.154. The van der Waals surface area contributed by atoms with E-state index in [1.165, 1.54) is 54.2 Å². The lowest BCUT2D eigenvalue weighted by atomic mass is 9.96. The summed E-state index contributed by atoms with van der Waals surface area (Å²) < 4.78 is 0. The van der Waals surface area contributed by atoms with Gasteiger partial charge < -0.3 is 0 Å². The van der Waals surface area contributed by atoms with E-state index in [9.17, 15) is 0 Å². The van der Waals surface area contributed by atoms with Gasteiger partial charge in [0.1, 0.15) is 0 Å². The summed E-state index contributed by atoms with van der Waals surface area (Å²) in [6, 6.07) is 27.2. The summed E-state index contributed by atoms with van der Waals surface area (Å²) >= 11 is 0. The summed E-state index contributed by atoms with van der Waals surface area (Å²) in [6.45, 7) is 8.30. The summed E-state index contributed by atoms with van der Waals surface area (Å²) in [7, 11) is 0. The maximum atomic E-state index is 2.33. The molecule has 26 heavy (non-hydrogen) atoms. The van der Waals surface area contributed by atoms with Crippen LogP contribution in [0.3, 0.4) is 0 Å². The molecule has 0 heteroatoms. The lowest BCUT2D eigenvalue weighted by molar-refractivity contribution is 1.50. The highest BCUT2D eigenvalue weighted by Crippen LogP contribution is 2.30. The van der Waals surface area contributed by atoms with Crippen LogP contribution in [0.2, 0.25) is 0 Å². The van der Waals surface area contributed by atoms with Crippen LogP contribution in [0.5, 0.6) is 0 Å². The van der Waals surface area contributed by atoms with Crippen molar-refractivity contribution in [3.05, 3.63) is 83.9 Å². The van der Waals surface area contributed by atoms with Crippen LogP contribution < -0.4 is 0 Å². The van der Waals surface area contributed by atoms with Crippen molar-refractivity contribution in [1.29, 1.82) is 0 Å². The van der Waals surface area contributed by atoms with Crippen LogP contribution in [-0.4, -0.2) is 0 Å². The molecule has 0 nitrogen and oxygen atoms in total. The minimum Gasteiger partial charge on any atom is -0.0683 e. The van der Waals surface area contributed by atoms with E-state index in [4.69, 9.17) is 0 Å². The average Bonchev–Trinajstić information content (AvgIpc) is 2.65. The molecule has 0 heterocycles. The topological polar surface area (TPSA) is 0 Å². The molecule has 0 aliphatic carbocycles. The number of hydrogen-bond acceptors (Lipinski definition) is 0. The molecule has 0 spiro atoms. The van der Waals surface area contributed by atoms with Crippen molar-refractivity contribution in [2.75, 3.05) is 0 Å². The zero-order chi connectivity index (χ0) is 18.3. The highest BCUT2D eigenvalue weighted by Gasteiger charge is 2.04. The predicted octanol–water partition coefficient (Wildman–Crippen LogP) is 7.94.